The quantitative estimate of drug-likeness (QED) is 0.552. The Hall–Kier alpha value is -0.940. The number of fused-ring (bicyclic) bond motifs is 2. The van der Waals surface area contributed by atoms with Crippen LogP contribution >= 0.6 is 0 Å². The molecule has 3 saturated carbocycles. The van der Waals surface area contributed by atoms with Crippen LogP contribution in [0.4, 0.5) is 0 Å². The standard InChI is InChI=1S/C24H32O4/c25-7-17-11-1-2-12(18(17)8-26)22-16-6-5-15(21(11)22)23-13-3-4-14(24(16)23)20(10-28)19(13)9-27/h1-6,11-28H,7-10H2/t11-,12+,13+,14-,15?,16?,17-,18-,19-,20+,21+,22-,23-,24+/m1/s1. The van der Waals surface area contributed by atoms with Crippen LogP contribution in [0.1, 0.15) is 0 Å². The van der Waals surface area contributed by atoms with Crippen LogP contribution in [0.3, 0.4) is 0 Å². The molecule has 4 N–H and O–H groups in total. The van der Waals surface area contributed by atoms with Crippen molar-refractivity contribution in [3.05, 3.63) is 36.5 Å². The molecule has 0 aromatic heterocycles. The van der Waals surface area contributed by atoms with Crippen molar-refractivity contribution in [1.29, 1.82) is 0 Å². The van der Waals surface area contributed by atoms with Crippen molar-refractivity contribution < 1.29 is 20.4 Å². The van der Waals surface area contributed by atoms with Crippen LogP contribution in [0.2, 0.25) is 0 Å². The summed E-state index contributed by atoms with van der Waals surface area (Å²) in [4.78, 5) is 0. The minimum Gasteiger partial charge on any atom is -0.396 e. The Bertz CT molecular complexity index is 616. The summed E-state index contributed by atoms with van der Waals surface area (Å²) >= 11 is 0. The van der Waals surface area contributed by atoms with Gasteiger partial charge in [-0.25, -0.2) is 0 Å². The van der Waals surface area contributed by atoms with Gasteiger partial charge in [-0.05, 0) is 82.9 Å². The summed E-state index contributed by atoms with van der Waals surface area (Å²) in [5, 5.41) is 40.5. The van der Waals surface area contributed by atoms with Crippen molar-refractivity contribution in [2.24, 2.45) is 82.9 Å². The van der Waals surface area contributed by atoms with Crippen LogP contribution in [0.15, 0.2) is 36.5 Å². The molecule has 4 nitrogen and oxygen atoms in total. The van der Waals surface area contributed by atoms with E-state index in [4.69, 9.17) is 0 Å². The van der Waals surface area contributed by atoms with E-state index in [1.807, 2.05) is 0 Å². The summed E-state index contributed by atoms with van der Waals surface area (Å²) in [6, 6.07) is 0. The zero-order chi connectivity index (χ0) is 19.2. The van der Waals surface area contributed by atoms with Crippen LogP contribution < -0.4 is 0 Å². The Labute approximate surface area is 166 Å². The first-order chi connectivity index (χ1) is 13.7. The molecule has 0 aromatic carbocycles. The summed E-state index contributed by atoms with van der Waals surface area (Å²) in [5.41, 5.74) is 0. The van der Waals surface area contributed by atoms with Gasteiger partial charge in [0.1, 0.15) is 0 Å². The molecule has 9 aliphatic carbocycles. The van der Waals surface area contributed by atoms with Crippen molar-refractivity contribution in [1.82, 2.24) is 0 Å². The van der Waals surface area contributed by atoms with Gasteiger partial charge in [0.15, 0.2) is 0 Å². The van der Waals surface area contributed by atoms with Crippen molar-refractivity contribution in [3.63, 3.8) is 0 Å². The zero-order valence-electron chi connectivity index (χ0n) is 16.2. The molecule has 0 amide bonds. The molecule has 6 bridgehead atoms. The third kappa shape index (κ3) is 1.96. The average molecular weight is 385 g/mol. The van der Waals surface area contributed by atoms with Crippen LogP contribution in [0, 0.1) is 82.9 Å². The highest BCUT2D eigenvalue weighted by Crippen LogP contribution is 2.70. The predicted octanol–water partition coefficient (Wildman–Crippen LogP) is 1.33. The minimum absolute atomic E-state index is 0.160. The molecule has 3 fully saturated rings. The van der Waals surface area contributed by atoms with Gasteiger partial charge < -0.3 is 20.4 Å². The number of aliphatic hydroxyl groups excluding tert-OH is 4. The fraction of sp³-hybridized carbons (Fsp3) is 0.750. The summed E-state index contributed by atoms with van der Waals surface area (Å²) in [6.07, 6.45) is 14.3. The van der Waals surface area contributed by atoms with Gasteiger partial charge in [0.05, 0.1) is 0 Å². The maximum absolute atomic E-state index is 10.1. The highest BCUT2D eigenvalue weighted by Gasteiger charge is 2.66. The first-order valence-electron chi connectivity index (χ1n) is 11.2. The maximum Gasteiger partial charge on any atom is 0.0468 e. The molecule has 0 saturated heterocycles. The van der Waals surface area contributed by atoms with E-state index in [2.05, 4.69) is 36.5 Å². The lowest BCUT2D eigenvalue weighted by Crippen LogP contribution is -2.66. The van der Waals surface area contributed by atoms with Crippen LogP contribution in [0.25, 0.3) is 0 Å². The molecule has 0 aliphatic heterocycles. The van der Waals surface area contributed by atoms with Gasteiger partial charge in [-0.15, -0.1) is 0 Å². The first kappa shape index (κ1) is 17.9. The van der Waals surface area contributed by atoms with Gasteiger partial charge in [-0.1, -0.05) is 36.5 Å². The number of hydrogen-bond acceptors (Lipinski definition) is 4. The molecule has 9 rings (SSSR count). The van der Waals surface area contributed by atoms with E-state index in [1.54, 1.807) is 0 Å². The highest BCUT2D eigenvalue weighted by atomic mass is 16.3. The fourth-order valence-corrected chi connectivity index (χ4v) is 9.27. The van der Waals surface area contributed by atoms with Gasteiger partial charge in [0.25, 0.3) is 0 Å². The van der Waals surface area contributed by atoms with E-state index in [1.165, 1.54) is 0 Å². The van der Waals surface area contributed by atoms with E-state index < -0.39 is 0 Å². The number of rotatable bonds is 4. The van der Waals surface area contributed by atoms with Crippen molar-refractivity contribution in [2.75, 3.05) is 26.4 Å². The molecule has 152 valence electrons. The molecule has 0 heterocycles. The summed E-state index contributed by atoms with van der Waals surface area (Å²) in [5.74, 6) is 5.23. The molecule has 9 aliphatic rings. The van der Waals surface area contributed by atoms with E-state index >= 15 is 0 Å². The van der Waals surface area contributed by atoms with Gasteiger partial charge >= 0.3 is 0 Å². The average Bonchev–Trinajstić information content (AvgIpc) is 2.78. The minimum atomic E-state index is 0.160. The van der Waals surface area contributed by atoms with E-state index in [9.17, 15) is 20.4 Å². The van der Waals surface area contributed by atoms with Crippen molar-refractivity contribution in [3.8, 4) is 0 Å². The van der Waals surface area contributed by atoms with Gasteiger partial charge in [-0.2, -0.15) is 0 Å². The lowest BCUT2D eigenvalue weighted by atomic mass is 9.35. The third-order valence-corrected chi connectivity index (χ3v) is 10.0. The Morgan fingerprint density at radius 3 is 0.786 bits per heavy atom. The van der Waals surface area contributed by atoms with Gasteiger partial charge in [0.2, 0.25) is 0 Å². The van der Waals surface area contributed by atoms with E-state index in [-0.39, 0.29) is 50.1 Å². The van der Waals surface area contributed by atoms with Crippen LogP contribution in [-0.2, 0) is 0 Å². The topological polar surface area (TPSA) is 80.9 Å². The summed E-state index contributed by atoms with van der Waals surface area (Å²) < 4.78 is 0. The smallest absolute Gasteiger partial charge is 0.0468 e. The van der Waals surface area contributed by atoms with Gasteiger partial charge in [0, 0.05) is 26.4 Å². The summed E-state index contributed by atoms with van der Waals surface area (Å²) in [7, 11) is 0. The maximum atomic E-state index is 10.1. The number of aliphatic hydroxyl groups is 4. The molecule has 4 heteroatoms. The lowest BCUT2D eigenvalue weighted by Gasteiger charge is -2.69. The SMILES string of the molecule is OC[C@@H]1[C@H]2C=C[C@@H]([C@H]1CO)[C@@H]1C3C=CC([C@H]21)[C@H]1[C@H]2C=C[C@H]([C@H](CO)[C@@H]2CO)[C@@H]31. The Balaban J connectivity index is 1.44. The van der Waals surface area contributed by atoms with E-state index in [0.717, 1.165) is 0 Å². The molecule has 28 heavy (non-hydrogen) atoms. The second-order valence-electron chi connectivity index (χ2n) is 10.3. The monoisotopic (exact) mass is 384 g/mol. The highest BCUT2D eigenvalue weighted by molar-refractivity contribution is 5.31. The lowest BCUT2D eigenvalue weighted by molar-refractivity contribution is -0.177. The van der Waals surface area contributed by atoms with E-state index in [0.29, 0.717) is 59.2 Å². The normalized spacial score (nSPS) is 59.6. The number of hydrogen-bond donors (Lipinski definition) is 4. The fourth-order valence-electron chi connectivity index (χ4n) is 9.27. The predicted molar refractivity (Wildman–Crippen MR) is 105 cm³/mol. The molecule has 0 radical (unpaired) electrons. The van der Waals surface area contributed by atoms with Crippen molar-refractivity contribution in [2.45, 2.75) is 0 Å². The van der Waals surface area contributed by atoms with Crippen molar-refractivity contribution >= 4 is 0 Å². The largest absolute Gasteiger partial charge is 0.396 e. The third-order valence-electron chi connectivity index (χ3n) is 10.0. The molecule has 0 aromatic rings. The second-order valence-corrected chi connectivity index (χ2v) is 10.3. The Morgan fingerprint density at radius 2 is 0.571 bits per heavy atom. The number of allylic oxidation sites excluding steroid dienone is 6. The second kappa shape index (κ2) is 6.28. The Morgan fingerprint density at radius 1 is 0.357 bits per heavy atom. The molecule has 0 spiro atoms. The molecule has 14 atom stereocenters. The Kier molecular flexibility index (Phi) is 4.01. The zero-order valence-corrected chi connectivity index (χ0v) is 16.2. The molecular formula is C24H32O4. The van der Waals surface area contributed by atoms with Gasteiger partial charge in [-0.3, -0.25) is 0 Å². The van der Waals surface area contributed by atoms with Crippen LogP contribution in [0.5, 0.6) is 0 Å². The first-order valence-corrected chi connectivity index (χ1v) is 11.2. The molecule has 2 unspecified atom stereocenters. The van der Waals surface area contributed by atoms with Crippen LogP contribution in [-0.4, -0.2) is 46.9 Å². The summed E-state index contributed by atoms with van der Waals surface area (Å²) in [6.45, 7) is 0.639. The molecular weight excluding hydrogens is 352 g/mol.